The molecule has 1 unspecified atom stereocenters. The van der Waals surface area contributed by atoms with Gasteiger partial charge in [-0.15, -0.1) is 24.0 Å². The first kappa shape index (κ1) is 17.2. The second-order valence-corrected chi connectivity index (χ2v) is 4.58. The van der Waals surface area contributed by atoms with Crippen LogP contribution in [-0.4, -0.2) is 47.9 Å². The molecule has 114 valence electrons. The van der Waals surface area contributed by atoms with Gasteiger partial charge in [-0.25, -0.2) is 4.98 Å². The van der Waals surface area contributed by atoms with Crippen LogP contribution in [0.5, 0.6) is 0 Å². The average molecular weight is 393 g/mol. The molecule has 1 fully saturated rings. The number of hydrogen-bond acceptors (Lipinski definition) is 3. The van der Waals surface area contributed by atoms with Crippen molar-refractivity contribution >= 4 is 29.9 Å². The van der Waals surface area contributed by atoms with Crippen LogP contribution in [0.25, 0.3) is 0 Å². The lowest BCUT2D eigenvalue weighted by Crippen LogP contribution is -2.39. The number of nitrogens with zero attached hydrogens (tertiary/aromatic N) is 3. The smallest absolute Gasteiger partial charge is 0.191 e. The number of guanidine groups is 1. The number of aliphatic imine (C=N–C) groups is 1. The van der Waals surface area contributed by atoms with Gasteiger partial charge < -0.3 is 19.9 Å². The highest BCUT2D eigenvalue weighted by atomic mass is 127. The molecule has 0 amide bonds. The average Bonchev–Trinajstić information content (AvgIpc) is 3.09. The monoisotopic (exact) mass is 393 g/mol. The number of imidazole rings is 1. The fourth-order valence-corrected chi connectivity index (χ4v) is 2.05. The first-order valence-electron chi connectivity index (χ1n) is 6.98. The lowest BCUT2D eigenvalue weighted by Gasteiger charge is -2.13. The third kappa shape index (κ3) is 6.08. The Morgan fingerprint density at radius 1 is 1.50 bits per heavy atom. The first-order valence-corrected chi connectivity index (χ1v) is 6.98. The topological polar surface area (TPSA) is 63.5 Å². The summed E-state index contributed by atoms with van der Waals surface area (Å²) in [6.07, 6.45) is 8.14. The second-order valence-electron chi connectivity index (χ2n) is 4.58. The van der Waals surface area contributed by atoms with Gasteiger partial charge in [0, 0.05) is 38.6 Å². The lowest BCUT2D eigenvalue weighted by molar-refractivity contribution is 0.117. The number of aromatic nitrogens is 2. The quantitative estimate of drug-likeness (QED) is 0.434. The maximum Gasteiger partial charge on any atom is 0.191 e. The zero-order valence-electron chi connectivity index (χ0n) is 11.9. The van der Waals surface area contributed by atoms with E-state index in [9.17, 15) is 0 Å². The van der Waals surface area contributed by atoms with Gasteiger partial charge in [0.05, 0.1) is 19.0 Å². The Labute approximate surface area is 137 Å². The summed E-state index contributed by atoms with van der Waals surface area (Å²) >= 11 is 0. The predicted molar refractivity (Wildman–Crippen MR) is 90.6 cm³/mol. The summed E-state index contributed by atoms with van der Waals surface area (Å²) in [6, 6.07) is 0. The SMILES string of the molecule is CCNC(=NCC1CCCO1)NCCn1ccnc1.I. The van der Waals surface area contributed by atoms with Gasteiger partial charge >= 0.3 is 0 Å². The highest BCUT2D eigenvalue weighted by Crippen LogP contribution is 2.11. The molecule has 1 aliphatic heterocycles. The maximum atomic E-state index is 5.57. The van der Waals surface area contributed by atoms with Crippen molar-refractivity contribution in [2.45, 2.75) is 32.4 Å². The third-order valence-electron chi connectivity index (χ3n) is 3.04. The number of nitrogens with one attached hydrogen (secondary N) is 2. The highest BCUT2D eigenvalue weighted by molar-refractivity contribution is 14.0. The van der Waals surface area contributed by atoms with Crippen LogP contribution in [0, 0.1) is 0 Å². The molecule has 1 saturated heterocycles. The van der Waals surface area contributed by atoms with Crippen molar-refractivity contribution < 1.29 is 4.74 Å². The highest BCUT2D eigenvalue weighted by Gasteiger charge is 2.14. The van der Waals surface area contributed by atoms with Gasteiger partial charge in [-0.05, 0) is 19.8 Å². The Bertz CT molecular complexity index is 376. The summed E-state index contributed by atoms with van der Waals surface area (Å²) in [5, 5.41) is 6.56. The molecule has 2 rings (SSSR count). The van der Waals surface area contributed by atoms with Crippen molar-refractivity contribution in [2.24, 2.45) is 4.99 Å². The zero-order chi connectivity index (χ0) is 13.3. The van der Waals surface area contributed by atoms with E-state index < -0.39 is 0 Å². The van der Waals surface area contributed by atoms with Gasteiger partial charge in [-0.1, -0.05) is 0 Å². The molecule has 2 heterocycles. The number of hydrogen-bond donors (Lipinski definition) is 2. The van der Waals surface area contributed by atoms with E-state index in [0.717, 1.165) is 51.6 Å². The first-order chi connectivity index (χ1) is 9.38. The van der Waals surface area contributed by atoms with Crippen LogP contribution in [0.1, 0.15) is 19.8 Å². The molecule has 1 aromatic rings. The van der Waals surface area contributed by atoms with E-state index in [1.807, 2.05) is 17.1 Å². The van der Waals surface area contributed by atoms with Gasteiger partial charge in [0.15, 0.2) is 5.96 Å². The van der Waals surface area contributed by atoms with Crippen LogP contribution in [0.4, 0.5) is 0 Å². The summed E-state index contributed by atoms with van der Waals surface area (Å²) in [6.45, 7) is 6.25. The fraction of sp³-hybridized carbons (Fsp3) is 0.692. The zero-order valence-corrected chi connectivity index (χ0v) is 14.2. The minimum absolute atomic E-state index is 0. The molecule has 1 atom stereocenters. The lowest BCUT2D eigenvalue weighted by atomic mass is 10.2. The Morgan fingerprint density at radius 3 is 3.05 bits per heavy atom. The van der Waals surface area contributed by atoms with E-state index in [1.165, 1.54) is 0 Å². The summed E-state index contributed by atoms with van der Waals surface area (Å²) in [5.74, 6) is 0.859. The van der Waals surface area contributed by atoms with E-state index in [4.69, 9.17) is 4.74 Å². The summed E-state index contributed by atoms with van der Waals surface area (Å²) < 4.78 is 7.61. The third-order valence-corrected chi connectivity index (χ3v) is 3.04. The largest absolute Gasteiger partial charge is 0.376 e. The van der Waals surface area contributed by atoms with Gasteiger partial charge in [0.1, 0.15) is 0 Å². The molecule has 0 bridgehead atoms. The number of ether oxygens (including phenoxy) is 1. The molecule has 0 saturated carbocycles. The normalized spacial score (nSPS) is 18.6. The van der Waals surface area contributed by atoms with Crippen LogP contribution in [0.2, 0.25) is 0 Å². The van der Waals surface area contributed by atoms with E-state index in [2.05, 4.69) is 27.5 Å². The van der Waals surface area contributed by atoms with Crippen molar-refractivity contribution in [3.8, 4) is 0 Å². The Kier molecular flexibility index (Phi) is 8.59. The van der Waals surface area contributed by atoms with Gasteiger partial charge in [0.2, 0.25) is 0 Å². The Morgan fingerprint density at radius 2 is 2.40 bits per heavy atom. The van der Waals surface area contributed by atoms with Crippen LogP contribution < -0.4 is 10.6 Å². The van der Waals surface area contributed by atoms with Crippen LogP contribution in [0.3, 0.4) is 0 Å². The molecule has 6 nitrogen and oxygen atoms in total. The summed E-state index contributed by atoms with van der Waals surface area (Å²) in [7, 11) is 0. The van der Waals surface area contributed by atoms with Crippen molar-refractivity contribution in [2.75, 3.05) is 26.2 Å². The summed E-state index contributed by atoms with van der Waals surface area (Å²) in [5.41, 5.74) is 0. The number of halogens is 1. The summed E-state index contributed by atoms with van der Waals surface area (Å²) in [4.78, 5) is 8.58. The maximum absolute atomic E-state index is 5.57. The predicted octanol–water partition coefficient (Wildman–Crippen LogP) is 1.24. The van der Waals surface area contributed by atoms with E-state index >= 15 is 0 Å². The minimum Gasteiger partial charge on any atom is -0.376 e. The molecule has 20 heavy (non-hydrogen) atoms. The molecule has 0 aliphatic carbocycles. The van der Waals surface area contributed by atoms with E-state index in [1.54, 1.807) is 6.20 Å². The molecule has 0 spiro atoms. The molecular formula is C13H24IN5O. The molecule has 0 radical (unpaired) electrons. The minimum atomic E-state index is 0. The van der Waals surface area contributed by atoms with E-state index in [-0.39, 0.29) is 24.0 Å². The van der Waals surface area contributed by atoms with Crippen molar-refractivity contribution in [1.82, 2.24) is 20.2 Å². The van der Waals surface area contributed by atoms with Crippen LogP contribution in [0.15, 0.2) is 23.7 Å². The van der Waals surface area contributed by atoms with Crippen molar-refractivity contribution in [3.63, 3.8) is 0 Å². The van der Waals surface area contributed by atoms with Crippen LogP contribution >= 0.6 is 24.0 Å². The number of rotatable bonds is 6. The van der Waals surface area contributed by atoms with Gasteiger partial charge in [-0.3, -0.25) is 4.99 Å². The Balaban J connectivity index is 0.00000200. The molecule has 1 aliphatic rings. The van der Waals surface area contributed by atoms with Gasteiger partial charge in [0.25, 0.3) is 0 Å². The van der Waals surface area contributed by atoms with Crippen LogP contribution in [-0.2, 0) is 11.3 Å². The molecule has 1 aromatic heterocycles. The van der Waals surface area contributed by atoms with Crippen molar-refractivity contribution in [1.29, 1.82) is 0 Å². The molecule has 7 heteroatoms. The van der Waals surface area contributed by atoms with E-state index in [0.29, 0.717) is 6.10 Å². The fourth-order valence-electron chi connectivity index (χ4n) is 2.05. The van der Waals surface area contributed by atoms with Crippen molar-refractivity contribution in [3.05, 3.63) is 18.7 Å². The molecule has 2 N–H and O–H groups in total. The standard InChI is InChI=1S/C13H23N5O.HI/c1-2-15-13(17-10-12-4-3-9-19-12)16-6-8-18-7-5-14-11-18;/h5,7,11-12H,2-4,6,8-10H2,1H3,(H2,15,16,17);1H. The Hall–Kier alpha value is -0.830. The molecular weight excluding hydrogens is 369 g/mol. The van der Waals surface area contributed by atoms with Gasteiger partial charge in [-0.2, -0.15) is 0 Å². The molecule has 0 aromatic carbocycles. The second kappa shape index (κ2) is 9.98.